The second kappa shape index (κ2) is 6.76. The highest BCUT2D eigenvalue weighted by atomic mass is 79.9. The molecule has 0 aromatic carbocycles. The number of nitro groups is 1. The molecule has 0 saturated heterocycles. The number of aliphatic hydroxyl groups excluding tert-OH is 1. The molecule has 0 spiro atoms. The summed E-state index contributed by atoms with van der Waals surface area (Å²) in [5.74, 6) is 0.0145. The van der Waals surface area contributed by atoms with Crippen LogP contribution in [0.25, 0.3) is 0 Å². The van der Waals surface area contributed by atoms with Crippen LogP contribution in [0.15, 0.2) is 4.73 Å². The third-order valence-electron chi connectivity index (χ3n) is 2.09. The van der Waals surface area contributed by atoms with Crippen LogP contribution in [0.5, 0.6) is 0 Å². The van der Waals surface area contributed by atoms with E-state index in [-0.39, 0.29) is 11.3 Å². The van der Waals surface area contributed by atoms with Crippen LogP contribution in [0.4, 0.5) is 5.95 Å². The molecule has 2 N–H and O–H groups in total. The lowest BCUT2D eigenvalue weighted by molar-refractivity contribution is -0.394. The summed E-state index contributed by atoms with van der Waals surface area (Å²) in [5, 5.41) is 27.0. The van der Waals surface area contributed by atoms with Crippen molar-refractivity contribution in [3.63, 3.8) is 0 Å². The summed E-state index contributed by atoms with van der Waals surface area (Å²) >= 11 is 3.06. The number of nitrogens with one attached hydrogen (secondary N) is 1. The Labute approximate surface area is 113 Å². The minimum Gasteiger partial charge on any atom is -0.390 e. The van der Waals surface area contributed by atoms with E-state index >= 15 is 0 Å². The van der Waals surface area contributed by atoms with Crippen LogP contribution >= 0.6 is 15.9 Å². The van der Waals surface area contributed by atoms with Gasteiger partial charge in [0.25, 0.3) is 4.73 Å². The zero-order valence-corrected chi connectivity index (χ0v) is 11.8. The van der Waals surface area contributed by atoms with E-state index in [1.807, 2.05) is 0 Å². The molecule has 1 atom stereocenters. The highest BCUT2D eigenvalue weighted by molar-refractivity contribution is 9.10. The van der Waals surface area contributed by atoms with Gasteiger partial charge in [0.05, 0.1) is 12.6 Å². The van der Waals surface area contributed by atoms with Gasteiger partial charge >= 0.3 is 5.95 Å². The minimum absolute atomic E-state index is 0.145. The summed E-state index contributed by atoms with van der Waals surface area (Å²) in [7, 11) is 0. The SMILES string of the molecule is CC(C)CNCC(O)Cn1nc([N+](=O)[O-])nc1Br. The van der Waals surface area contributed by atoms with Gasteiger partial charge in [0, 0.05) is 27.6 Å². The van der Waals surface area contributed by atoms with Gasteiger partial charge in [-0.1, -0.05) is 13.8 Å². The average molecular weight is 322 g/mol. The largest absolute Gasteiger partial charge is 0.492 e. The van der Waals surface area contributed by atoms with Gasteiger partial charge in [0.15, 0.2) is 0 Å². The molecule has 9 heteroatoms. The molecule has 1 aromatic rings. The van der Waals surface area contributed by atoms with E-state index in [1.54, 1.807) is 0 Å². The molecule has 1 aromatic heterocycles. The van der Waals surface area contributed by atoms with Crippen molar-refractivity contribution in [1.82, 2.24) is 20.1 Å². The molecule has 0 aliphatic rings. The van der Waals surface area contributed by atoms with E-state index in [2.05, 4.69) is 45.2 Å². The highest BCUT2D eigenvalue weighted by Gasteiger charge is 2.21. The molecule has 8 nitrogen and oxygen atoms in total. The highest BCUT2D eigenvalue weighted by Crippen LogP contribution is 2.12. The van der Waals surface area contributed by atoms with E-state index in [0.29, 0.717) is 12.5 Å². The van der Waals surface area contributed by atoms with Crippen molar-refractivity contribution in [3.05, 3.63) is 14.8 Å². The van der Waals surface area contributed by atoms with Crippen LogP contribution < -0.4 is 5.32 Å². The predicted molar refractivity (Wildman–Crippen MR) is 68.1 cm³/mol. The summed E-state index contributed by atoms with van der Waals surface area (Å²) in [5.41, 5.74) is 0. The van der Waals surface area contributed by atoms with E-state index < -0.39 is 17.0 Å². The van der Waals surface area contributed by atoms with Crippen LogP contribution in [0.1, 0.15) is 13.8 Å². The van der Waals surface area contributed by atoms with Crippen LogP contribution in [0.2, 0.25) is 0 Å². The summed E-state index contributed by atoms with van der Waals surface area (Å²) in [6, 6.07) is 0. The first-order valence-electron chi connectivity index (χ1n) is 5.53. The van der Waals surface area contributed by atoms with Gasteiger partial charge in [-0.05, 0) is 22.4 Å². The first kappa shape index (κ1) is 15.0. The Kier molecular flexibility index (Phi) is 5.63. The van der Waals surface area contributed by atoms with Crippen molar-refractivity contribution in [2.75, 3.05) is 13.1 Å². The maximum absolute atomic E-state index is 10.5. The molecule has 0 fully saturated rings. The van der Waals surface area contributed by atoms with E-state index in [4.69, 9.17) is 0 Å². The molecule has 1 unspecified atom stereocenters. The number of hydrogen-bond donors (Lipinski definition) is 2. The van der Waals surface area contributed by atoms with Gasteiger partial charge in [-0.25, -0.2) is 0 Å². The van der Waals surface area contributed by atoms with Crippen molar-refractivity contribution in [2.24, 2.45) is 5.92 Å². The Morgan fingerprint density at radius 3 is 2.72 bits per heavy atom. The van der Waals surface area contributed by atoms with Gasteiger partial charge in [0.2, 0.25) is 0 Å². The van der Waals surface area contributed by atoms with E-state index in [0.717, 1.165) is 6.54 Å². The molecular weight excluding hydrogens is 306 g/mol. The summed E-state index contributed by atoms with van der Waals surface area (Å²) in [6.07, 6.45) is -0.679. The van der Waals surface area contributed by atoms with Crippen molar-refractivity contribution in [3.8, 4) is 0 Å². The lowest BCUT2D eigenvalue weighted by Gasteiger charge is -2.11. The standard InChI is InChI=1S/C9H16BrN5O3/c1-6(2)3-11-4-7(16)5-14-8(10)12-9(13-14)15(17)18/h6-7,11,16H,3-5H2,1-2H3. The molecule has 0 aliphatic carbocycles. The van der Waals surface area contributed by atoms with Gasteiger partial charge in [-0.15, -0.1) is 0 Å². The minimum atomic E-state index is -0.679. The fourth-order valence-electron chi connectivity index (χ4n) is 1.31. The van der Waals surface area contributed by atoms with Crippen LogP contribution in [0, 0.1) is 16.0 Å². The third-order valence-corrected chi connectivity index (χ3v) is 2.68. The Bertz CT molecular complexity index is 409. The first-order valence-corrected chi connectivity index (χ1v) is 6.33. The number of aliphatic hydroxyl groups is 1. The molecule has 0 amide bonds. The molecular formula is C9H16BrN5O3. The third kappa shape index (κ3) is 4.67. The van der Waals surface area contributed by atoms with Gasteiger partial charge < -0.3 is 20.5 Å². The fraction of sp³-hybridized carbons (Fsp3) is 0.778. The molecule has 102 valence electrons. The number of halogens is 1. The Hall–Kier alpha value is -1.06. The van der Waals surface area contributed by atoms with Crippen molar-refractivity contribution < 1.29 is 10.0 Å². The lowest BCUT2D eigenvalue weighted by Crippen LogP contribution is -2.32. The van der Waals surface area contributed by atoms with E-state index in [1.165, 1.54) is 4.68 Å². The fourth-order valence-corrected chi connectivity index (χ4v) is 1.69. The first-order chi connectivity index (χ1) is 8.40. The summed E-state index contributed by atoms with van der Waals surface area (Å²) in [6.45, 7) is 5.48. The van der Waals surface area contributed by atoms with Gasteiger partial charge in [-0.2, -0.15) is 4.68 Å². The molecule has 0 saturated carbocycles. The number of hydrogen-bond acceptors (Lipinski definition) is 6. The van der Waals surface area contributed by atoms with Crippen molar-refractivity contribution in [1.29, 1.82) is 0 Å². The predicted octanol–water partition coefficient (Wildman–Crippen LogP) is 0.555. The maximum Gasteiger partial charge on any atom is 0.492 e. The maximum atomic E-state index is 10.5. The zero-order valence-electron chi connectivity index (χ0n) is 10.2. The van der Waals surface area contributed by atoms with Crippen LogP contribution in [-0.4, -0.2) is 44.0 Å². The van der Waals surface area contributed by atoms with Crippen LogP contribution in [0.3, 0.4) is 0 Å². The Morgan fingerprint density at radius 1 is 1.56 bits per heavy atom. The lowest BCUT2D eigenvalue weighted by atomic mass is 10.2. The van der Waals surface area contributed by atoms with Crippen molar-refractivity contribution >= 4 is 21.9 Å². The van der Waals surface area contributed by atoms with Crippen LogP contribution in [-0.2, 0) is 6.54 Å². The normalized spacial score (nSPS) is 12.9. The Morgan fingerprint density at radius 2 is 2.22 bits per heavy atom. The number of aromatic nitrogens is 3. The Balaban J connectivity index is 2.48. The van der Waals surface area contributed by atoms with E-state index in [9.17, 15) is 15.2 Å². The smallest absolute Gasteiger partial charge is 0.390 e. The molecule has 1 heterocycles. The van der Waals surface area contributed by atoms with Gasteiger partial charge in [-0.3, -0.25) is 0 Å². The molecule has 0 aliphatic heterocycles. The molecule has 0 radical (unpaired) electrons. The topological polar surface area (TPSA) is 106 Å². The quantitative estimate of drug-likeness (QED) is 0.561. The summed E-state index contributed by atoms with van der Waals surface area (Å²) in [4.78, 5) is 13.4. The summed E-state index contributed by atoms with van der Waals surface area (Å²) < 4.78 is 1.50. The molecule has 0 bridgehead atoms. The number of nitrogens with zero attached hydrogens (tertiary/aromatic N) is 4. The van der Waals surface area contributed by atoms with Gasteiger partial charge in [0.1, 0.15) is 0 Å². The van der Waals surface area contributed by atoms with Crippen molar-refractivity contribution in [2.45, 2.75) is 26.5 Å². The second-order valence-corrected chi connectivity index (χ2v) is 5.04. The zero-order chi connectivity index (χ0) is 13.7. The second-order valence-electron chi connectivity index (χ2n) is 4.33. The molecule has 18 heavy (non-hydrogen) atoms. The monoisotopic (exact) mass is 321 g/mol. The number of rotatable bonds is 7. The molecule has 1 rings (SSSR count). The average Bonchev–Trinajstić information content (AvgIpc) is 2.60.